The Kier molecular flexibility index (Phi) is 5.96. The largest absolute Gasteiger partial charge is 0.493 e. The van der Waals surface area contributed by atoms with Crippen LogP contribution in [0.15, 0.2) is 24.3 Å². The zero-order chi connectivity index (χ0) is 21.1. The van der Waals surface area contributed by atoms with Gasteiger partial charge in [-0.05, 0) is 47.7 Å². The fraction of sp³-hybridized carbons (Fsp3) is 0.364. The van der Waals surface area contributed by atoms with Gasteiger partial charge in [0, 0.05) is 25.1 Å². The predicted octanol–water partition coefficient (Wildman–Crippen LogP) is 2.86. The van der Waals surface area contributed by atoms with Crippen LogP contribution < -0.4 is 24.8 Å². The first kappa shape index (κ1) is 20.5. The van der Waals surface area contributed by atoms with E-state index in [0.717, 1.165) is 22.3 Å². The number of nitrogens with one attached hydrogen (secondary N) is 2. The van der Waals surface area contributed by atoms with Crippen LogP contribution in [0.25, 0.3) is 11.1 Å². The van der Waals surface area contributed by atoms with Gasteiger partial charge in [0.25, 0.3) is 5.91 Å². The predicted molar refractivity (Wildman–Crippen MR) is 110 cm³/mol. The molecule has 2 amide bonds. The van der Waals surface area contributed by atoms with Crippen molar-refractivity contribution in [2.24, 2.45) is 0 Å². The average molecular weight is 398 g/mol. The van der Waals surface area contributed by atoms with Crippen LogP contribution >= 0.6 is 0 Å². The van der Waals surface area contributed by atoms with Gasteiger partial charge in [0.05, 0.1) is 27.4 Å². The topological polar surface area (TPSA) is 85.9 Å². The molecule has 1 atom stereocenters. The molecule has 1 unspecified atom stereocenters. The second kappa shape index (κ2) is 8.43. The molecule has 1 aliphatic rings. The van der Waals surface area contributed by atoms with Crippen molar-refractivity contribution in [1.82, 2.24) is 10.6 Å². The molecule has 154 valence electrons. The van der Waals surface area contributed by atoms with Gasteiger partial charge in [0.2, 0.25) is 11.7 Å². The Labute approximate surface area is 170 Å². The number of fused-ring (bicyclic) bond motifs is 3. The molecule has 2 aromatic carbocycles. The van der Waals surface area contributed by atoms with Crippen LogP contribution in [0.3, 0.4) is 0 Å². The molecule has 0 saturated heterocycles. The summed E-state index contributed by atoms with van der Waals surface area (Å²) < 4.78 is 16.8. The quantitative estimate of drug-likeness (QED) is 0.809. The number of hydrogen-bond acceptors (Lipinski definition) is 5. The molecule has 0 aliphatic heterocycles. The Hall–Kier alpha value is -3.22. The molecule has 2 aromatic rings. The second-order valence-electron chi connectivity index (χ2n) is 6.85. The van der Waals surface area contributed by atoms with Gasteiger partial charge in [-0.25, -0.2) is 0 Å². The van der Waals surface area contributed by atoms with Gasteiger partial charge >= 0.3 is 0 Å². The number of aryl methyl sites for hydroxylation is 1. The van der Waals surface area contributed by atoms with Gasteiger partial charge in [-0.15, -0.1) is 0 Å². The van der Waals surface area contributed by atoms with Crippen molar-refractivity contribution in [1.29, 1.82) is 0 Å². The standard InChI is InChI=1S/C22H26N2O5/c1-12(25)24-17-9-7-13-11-18(27-3)20(28-4)21(29-5)19(13)15-8-6-14(10-16(15)17)22(26)23-2/h6,8,10-11,17H,7,9H2,1-5H3,(H,23,26)(H,24,25). The van der Waals surface area contributed by atoms with Gasteiger partial charge in [-0.1, -0.05) is 6.07 Å². The molecule has 0 fully saturated rings. The lowest BCUT2D eigenvalue weighted by Gasteiger charge is -2.21. The van der Waals surface area contributed by atoms with E-state index >= 15 is 0 Å². The van der Waals surface area contributed by atoms with E-state index in [1.807, 2.05) is 18.2 Å². The maximum absolute atomic E-state index is 12.2. The Morgan fingerprint density at radius 2 is 1.76 bits per heavy atom. The van der Waals surface area contributed by atoms with E-state index in [2.05, 4.69) is 10.6 Å². The molecule has 0 spiro atoms. The highest BCUT2D eigenvalue weighted by Gasteiger charge is 2.29. The Morgan fingerprint density at radius 1 is 1.03 bits per heavy atom. The molecule has 7 nitrogen and oxygen atoms in total. The van der Waals surface area contributed by atoms with E-state index in [9.17, 15) is 9.59 Å². The number of benzene rings is 2. The molecule has 2 N–H and O–H groups in total. The molecule has 0 bridgehead atoms. The number of rotatable bonds is 5. The van der Waals surface area contributed by atoms with Crippen molar-refractivity contribution in [2.75, 3.05) is 28.4 Å². The maximum atomic E-state index is 12.2. The summed E-state index contributed by atoms with van der Waals surface area (Å²) in [6.07, 6.45) is 1.37. The lowest BCUT2D eigenvalue weighted by Crippen LogP contribution is -2.27. The van der Waals surface area contributed by atoms with Crippen LogP contribution in [0, 0.1) is 0 Å². The lowest BCUT2D eigenvalue weighted by molar-refractivity contribution is -0.119. The molecular weight excluding hydrogens is 372 g/mol. The lowest BCUT2D eigenvalue weighted by atomic mass is 9.92. The fourth-order valence-electron chi connectivity index (χ4n) is 3.91. The van der Waals surface area contributed by atoms with Gasteiger partial charge < -0.3 is 24.8 Å². The van der Waals surface area contributed by atoms with E-state index in [4.69, 9.17) is 14.2 Å². The number of ether oxygens (including phenoxy) is 3. The fourth-order valence-corrected chi connectivity index (χ4v) is 3.91. The Bertz CT molecular complexity index is 955. The van der Waals surface area contributed by atoms with Crippen LogP contribution in [0.1, 0.15) is 40.9 Å². The zero-order valence-corrected chi connectivity index (χ0v) is 17.3. The van der Waals surface area contributed by atoms with Crippen molar-refractivity contribution in [2.45, 2.75) is 25.8 Å². The van der Waals surface area contributed by atoms with Crippen molar-refractivity contribution >= 4 is 11.8 Å². The summed E-state index contributed by atoms with van der Waals surface area (Å²) >= 11 is 0. The molecule has 7 heteroatoms. The molecule has 0 saturated carbocycles. The molecule has 1 aliphatic carbocycles. The highest BCUT2D eigenvalue weighted by Crippen LogP contribution is 2.50. The first-order valence-corrected chi connectivity index (χ1v) is 9.40. The smallest absolute Gasteiger partial charge is 0.251 e. The number of hydrogen-bond donors (Lipinski definition) is 2. The van der Waals surface area contributed by atoms with Gasteiger partial charge in [-0.2, -0.15) is 0 Å². The van der Waals surface area contributed by atoms with Crippen molar-refractivity contribution in [3.05, 3.63) is 41.0 Å². The summed E-state index contributed by atoms with van der Waals surface area (Å²) in [6.45, 7) is 1.49. The van der Waals surface area contributed by atoms with Crippen molar-refractivity contribution in [3.63, 3.8) is 0 Å². The minimum atomic E-state index is -0.235. The van der Waals surface area contributed by atoms with E-state index in [1.165, 1.54) is 6.92 Å². The first-order chi connectivity index (χ1) is 13.9. The average Bonchev–Trinajstić information content (AvgIpc) is 2.87. The maximum Gasteiger partial charge on any atom is 0.251 e. The van der Waals surface area contributed by atoms with Crippen LogP contribution in [0.2, 0.25) is 0 Å². The van der Waals surface area contributed by atoms with Gasteiger partial charge in [-0.3, -0.25) is 9.59 Å². The Morgan fingerprint density at radius 3 is 2.34 bits per heavy atom. The SMILES string of the molecule is CNC(=O)c1ccc2c(c1)C(NC(C)=O)CCc1cc(OC)c(OC)c(OC)c1-2. The van der Waals surface area contributed by atoms with E-state index in [1.54, 1.807) is 34.4 Å². The zero-order valence-electron chi connectivity index (χ0n) is 17.3. The van der Waals surface area contributed by atoms with E-state index in [0.29, 0.717) is 35.7 Å². The van der Waals surface area contributed by atoms with Gasteiger partial charge in [0.1, 0.15) is 0 Å². The van der Waals surface area contributed by atoms with Crippen molar-refractivity contribution in [3.8, 4) is 28.4 Å². The number of methoxy groups -OCH3 is 3. The molecule has 0 heterocycles. The second-order valence-corrected chi connectivity index (χ2v) is 6.85. The highest BCUT2D eigenvalue weighted by molar-refractivity contribution is 5.95. The summed E-state index contributed by atoms with van der Waals surface area (Å²) in [6, 6.07) is 7.21. The number of carbonyl (C=O) groups excluding carboxylic acids is 2. The molecule has 0 aromatic heterocycles. The molecule has 29 heavy (non-hydrogen) atoms. The third kappa shape index (κ3) is 3.72. The third-order valence-electron chi connectivity index (χ3n) is 5.18. The third-order valence-corrected chi connectivity index (χ3v) is 5.18. The highest BCUT2D eigenvalue weighted by atomic mass is 16.5. The van der Waals surface area contributed by atoms with Crippen LogP contribution in [0.5, 0.6) is 17.2 Å². The molecule has 0 radical (unpaired) electrons. The van der Waals surface area contributed by atoms with Crippen LogP contribution in [-0.2, 0) is 11.2 Å². The summed E-state index contributed by atoms with van der Waals surface area (Å²) in [5.41, 5.74) is 4.20. The van der Waals surface area contributed by atoms with Crippen LogP contribution in [0.4, 0.5) is 0 Å². The summed E-state index contributed by atoms with van der Waals surface area (Å²) in [5, 5.41) is 5.66. The van der Waals surface area contributed by atoms with E-state index < -0.39 is 0 Å². The minimum absolute atomic E-state index is 0.126. The monoisotopic (exact) mass is 398 g/mol. The Balaban J connectivity index is 2.31. The summed E-state index contributed by atoms with van der Waals surface area (Å²) in [7, 11) is 6.34. The number of carbonyl (C=O) groups is 2. The minimum Gasteiger partial charge on any atom is -0.493 e. The molecular formula is C22H26N2O5. The summed E-state index contributed by atoms with van der Waals surface area (Å²) in [5.74, 6) is 1.36. The first-order valence-electron chi connectivity index (χ1n) is 9.40. The van der Waals surface area contributed by atoms with Crippen molar-refractivity contribution < 1.29 is 23.8 Å². The number of amides is 2. The van der Waals surface area contributed by atoms with Crippen LogP contribution in [-0.4, -0.2) is 40.2 Å². The van der Waals surface area contributed by atoms with Gasteiger partial charge in [0.15, 0.2) is 11.5 Å². The summed E-state index contributed by atoms with van der Waals surface area (Å²) in [4.78, 5) is 24.1. The van der Waals surface area contributed by atoms with E-state index in [-0.39, 0.29) is 17.9 Å². The molecule has 3 rings (SSSR count). The normalized spacial score (nSPS) is 14.7.